The highest BCUT2D eigenvalue weighted by Crippen LogP contribution is 2.37. The van der Waals surface area contributed by atoms with E-state index in [1.165, 1.54) is 0 Å². The molecule has 2 aromatic rings. The van der Waals surface area contributed by atoms with Crippen molar-refractivity contribution in [2.45, 2.75) is 0 Å². The Kier molecular flexibility index (Phi) is 3.47. The first-order chi connectivity index (χ1) is 7.60. The summed E-state index contributed by atoms with van der Waals surface area (Å²) in [7, 11) is -3.42. The van der Waals surface area contributed by atoms with Crippen LogP contribution in [0.2, 0.25) is 0 Å². The molecular formula is C12H10IO2P. The Hall–Kier alpha value is -0.640. The van der Waals surface area contributed by atoms with Crippen LogP contribution in [0.5, 0.6) is 0 Å². The van der Waals surface area contributed by atoms with Gasteiger partial charge in [0.25, 0.3) is 7.37 Å². The third kappa shape index (κ3) is 2.37. The third-order valence-corrected chi connectivity index (χ3v) is 5.00. The molecule has 1 unspecified atom stereocenters. The molecule has 16 heavy (non-hydrogen) atoms. The minimum absolute atomic E-state index is 0.469. The SMILES string of the molecule is O=P(O)(c1ccccc1)c1ccc(I)cc1. The Labute approximate surface area is 108 Å². The summed E-state index contributed by atoms with van der Waals surface area (Å²) in [6.07, 6.45) is 0. The van der Waals surface area contributed by atoms with Gasteiger partial charge in [0.2, 0.25) is 0 Å². The second-order valence-corrected chi connectivity index (χ2v) is 6.82. The van der Waals surface area contributed by atoms with Gasteiger partial charge < -0.3 is 4.89 Å². The second-order valence-electron chi connectivity index (χ2n) is 3.39. The fourth-order valence-electron chi connectivity index (χ4n) is 1.42. The minimum atomic E-state index is -3.42. The summed E-state index contributed by atoms with van der Waals surface area (Å²) in [4.78, 5) is 10.1. The zero-order valence-electron chi connectivity index (χ0n) is 8.38. The van der Waals surface area contributed by atoms with Gasteiger partial charge >= 0.3 is 0 Å². The van der Waals surface area contributed by atoms with Crippen LogP contribution < -0.4 is 10.6 Å². The standard InChI is InChI=1S/C12H10IO2P/c13-10-6-8-12(9-7-10)16(14,15)11-4-2-1-3-5-11/h1-9H,(H,14,15). The van der Waals surface area contributed by atoms with E-state index in [0.717, 1.165) is 3.57 Å². The molecular weight excluding hydrogens is 334 g/mol. The van der Waals surface area contributed by atoms with E-state index in [1.807, 2.05) is 18.2 Å². The van der Waals surface area contributed by atoms with Crippen LogP contribution >= 0.6 is 30.0 Å². The van der Waals surface area contributed by atoms with Gasteiger partial charge in [0.05, 0.1) is 0 Å². The molecule has 0 aliphatic carbocycles. The van der Waals surface area contributed by atoms with Gasteiger partial charge in [0, 0.05) is 14.2 Å². The molecule has 2 aromatic carbocycles. The van der Waals surface area contributed by atoms with Gasteiger partial charge in [-0.25, -0.2) is 0 Å². The van der Waals surface area contributed by atoms with Crippen LogP contribution in [-0.4, -0.2) is 4.89 Å². The molecule has 2 nitrogen and oxygen atoms in total. The van der Waals surface area contributed by atoms with Crippen molar-refractivity contribution in [2.24, 2.45) is 0 Å². The van der Waals surface area contributed by atoms with Crippen LogP contribution in [0.25, 0.3) is 0 Å². The predicted molar refractivity (Wildman–Crippen MR) is 74.7 cm³/mol. The maximum absolute atomic E-state index is 12.3. The van der Waals surface area contributed by atoms with E-state index in [2.05, 4.69) is 22.6 Å². The molecule has 0 heterocycles. The van der Waals surface area contributed by atoms with Crippen molar-refractivity contribution in [3.8, 4) is 0 Å². The van der Waals surface area contributed by atoms with Gasteiger partial charge in [-0.3, -0.25) is 4.57 Å². The molecule has 0 aliphatic rings. The summed E-state index contributed by atoms with van der Waals surface area (Å²) in [5.74, 6) is 0. The summed E-state index contributed by atoms with van der Waals surface area (Å²) in [6.45, 7) is 0. The largest absolute Gasteiger partial charge is 0.338 e. The normalized spacial score (nSPS) is 14.4. The Morgan fingerprint density at radius 3 is 1.94 bits per heavy atom. The summed E-state index contributed by atoms with van der Waals surface area (Å²) in [5, 5.41) is 0.940. The molecule has 0 spiro atoms. The average Bonchev–Trinajstić information content (AvgIpc) is 2.31. The van der Waals surface area contributed by atoms with E-state index in [1.54, 1.807) is 36.4 Å². The summed E-state index contributed by atoms with van der Waals surface area (Å²) in [5.41, 5.74) is 0. The van der Waals surface area contributed by atoms with Crippen LogP contribution in [0, 0.1) is 3.57 Å². The quantitative estimate of drug-likeness (QED) is 0.672. The molecule has 0 amide bonds. The van der Waals surface area contributed by atoms with Crippen molar-refractivity contribution in [3.05, 3.63) is 58.2 Å². The lowest BCUT2D eigenvalue weighted by Gasteiger charge is -2.11. The molecule has 0 bridgehead atoms. The van der Waals surface area contributed by atoms with E-state index < -0.39 is 7.37 Å². The highest BCUT2D eigenvalue weighted by atomic mass is 127. The van der Waals surface area contributed by atoms with E-state index in [-0.39, 0.29) is 0 Å². The summed E-state index contributed by atoms with van der Waals surface area (Å²) in [6, 6.07) is 15.8. The molecule has 1 N–H and O–H groups in total. The molecule has 0 fully saturated rings. The number of hydrogen-bond donors (Lipinski definition) is 1. The van der Waals surface area contributed by atoms with Gasteiger partial charge in [-0.05, 0) is 59.0 Å². The first-order valence-electron chi connectivity index (χ1n) is 4.75. The van der Waals surface area contributed by atoms with Crippen molar-refractivity contribution >= 4 is 40.6 Å². The highest BCUT2D eigenvalue weighted by Gasteiger charge is 2.23. The number of benzene rings is 2. The van der Waals surface area contributed by atoms with E-state index >= 15 is 0 Å². The van der Waals surface area contributed by atoms with Crippen LogP contribution in [0.1, 0.15) is 0 Å². The van der Waals surface area contributed by atoms with Crippen molar-refractivity contribution < 1.29 is 9.46 Å². The minimum Gasteiger partial charge on any atom is -0.338 e. The van der Waals surface area contributed by atoms with Crippen LogP contribution in [-0.2, 0) is 4.57 Å². The number of hydrogen-bond acceptors (Lipinski definition) is 1. The lowest BCUT2D eigenvalue weighted by Crippen LogP contribution is -2.14. The second kappa shape index (κ2) is 4.70. The Bertz CT molecular complexity index is 522. The van der Waals surface area contributed by atoms with Gasteiger partial charge in [-0.2, -0.15) is 0 Å². The Morgan fingerprint density at radius 1 is 0.875 bits per heavy atom. The fraction of sp³-hybridized carbons (Fsp3) is 0. The molecule has 0 radical (unpaired) electrons. The Morgan fingerprint density at radius 2 is 1.38 bits per heavy atom. The van der Waals surface area contributed by atoms with Crippen LogP contribution in [0.15, 0.2) is 54.6 Å². The summed E-state index contributed by atoms with van der Waals surface area (Å²) < 4.78 is 13.3. The van der Waals surface area contributed by atoms with Crippen LogP contribution in [0.4, 0.5) is 0 Å². The fourth-order valence-corrected chi connectivity index (χ4v) is 3.21. The van der Waals surface area contributed by atoms with Crippen molar-refractivity contribution in [2.75, 3.05) is 0 Å². The Balaban J connectivity index is 2.47. The van der Waals surface area contributed by atoms with Gasteiger partial charge in [0.15, 0.2) is 0 Å². The first kappa shape index (κ1) is 11.8. The van der Waals surface area contributed by atoms with Gasteiger partial charge in [-0.1, -0.05) is 18.2 Å². The number of rotatable bonds is 2. The average molecular weight is 344 g/mol. The molecule has 4 heteroatoms. The lowest BCUT2D eigenvalue weighted by atomic mass is 10.4. The molecule has 1 atom stereocenters. The number of halogens is 1. The topological polar surface area (TPSA) is 37.3 Å². The molecule has 0 saturated carbocycles. The first-order valence-corrected chi connectivity index (χ1v) is 7.49. The molecule has 2 rings (SSSR count). The van der Waals surface area contributed by atoms with Gasteiger partial charge in [0.1, 0.15) is 0 Å². The third-order valence-electron chi connectivity index (χ3n) is 2.28. The van der Waals surface area contributed by atoms with Crippen LogP contribution in [0.3, 0.4) is 0 Å². The van der Waals surface area contributed by atoms with Crippen molar-refractivity contribution in [3.63, 3.8) is 0 Å². The smallest absolute Gasteiger partial charge is 0.258 e. The van der Waals surface area contributed by atoms with Crippen molar-refractivity contribution in [1.82, 2.24) is 0 Å². The van der Waals surface area contributed by atoms with E-state index in [0.29, 0.717) is 10.6 Å². The van der Waals surface area contributed by atoms with E-state index in [4.69, 9.17) is 0 Å². The predicted octanol–water partition coefficient (Wildman–Crippen LogP) is 2.51. The zero-order chi connectivity index (χ0) is 11.6. The zero-order valence-corrected chi connectivity index (χ0v) is 11.4. The summed E-state index contributed by atoms with van der Waals surface area (Å²) >= 11 is 2.17. The molecule has 0 aromatic heterocycles. The molecule has 0 aliphatic heterocycles. The maximum Gasteiger partial charge on any atom is 0.258 e. The monoisotopic (exact) mass is 344 g/mol. The molecule has 0 saturated heterocycles. The van der Waals surface area contributed by atoms with Gasteiger partial charge in [-0.15, -0.1) is 0 Å². The molecule has 82 valence electrons. The van der Waals surface area contributed by atoms with E-state index in [9.17, 15) is 9.46 Å². The maximum atomic E-state index is 12.3. The van der Waals surface area contributed by atoms with Crippen molar-refractivity contribution in [1.29, 1.82) is 0 Å². The lowest BCUT2D eigenvalue weighted by molar-refractivity contribution is 0.501. The highest BCUT2D eigenvalue weighted by molar-refractivity contribution is 14.1.